The maximum Gasteiger partial charge on any atom is 0.328 e. The molecule has 136 valence electrons. The van der Waals surface area contributed by atoms with Gasteiger partial charge in [-0.1, -0.05) is 24.3 Å². The number of benzene rings is 1. The summed E-state index contributed by atoms with van der Waals surface area (Å²) in [6.07, 6.45) is 5.67. The van der Waals surface area contributed by atoms with Crippen molar-refractivity contribution in [1.82, 2.24) is 10.2 Å². The highest BCUT2D eigenvalue weighted by atomic mass is 16.5. The number of nitrogens with zero attached hydrogens (tertiary/aromatic N) is 1. The summed E-state index contributed by atoms with van der Waals surface area (Å²) in [4.78, 5) is 36.3. The van der Waals surface area contributed by atoms with E-state index >= 15 is 0 Å². The zero-order valence-corrected chi connectivity index (χ0v) is 15.2. The van der Waals surface area contributed by atoms with Gasteiger partial charge in [0.2, 0.25) is 5.91 Å². The van der Waals surface area contributed by atoms with E-state index in [1.807, 2.05) is 18.2 Å². The van der Waals surface area contributed by atoms with E-state index in [1.54, 1.807) is 44.0 Å². The highest BCUT2D eigenvalue weighted by Crippen LogP contribution is 2.09. The van der Waals surface area contributed by atoms with E-state index in [4.69, 9.17) is 0 Å². The first-order valence-electron chi connectivity index (χ1n) is 8.22. The molecule has 0 aliphatic rings. The standard InChI is InChI=1S/C19H26N2O4/c1-14(19(24)25-4)20-18(23)17-11-8-10-16(13-17)9-6-5-7-12-21(3)15(2)22/h6,8-11,13-14H,5,7,12H2,1-4H3,(H,20,23)/b9-6-/t14-/m1/s1. The van der Waals surface area contributed by atoms with E-state index in [9.17, 15) is 14.4 Å². The van der Waals surface area contributed by atoms with Gasteiger partial charge in [0.25, 0.3) is 5.91 Å². The van der Waals surface area contributed by atoms with Crippen LogP contribution in [0.2, 0.25) is 0 Å². The first-order chi connectivity index (χ1) is 11.8. The van der Waals surface area contributed by atoms with Crippen LogP contribution in [0.4, 0.5) is 0 Å². The number of hydrogen-bond acceptors (Lipinski definition) is 4. The molecule has 1 N–H and O–H groups in total. The number of nitrogens with one attached hydrogen (secondary N) is 1. The third-order valence-corrected chi connectivity index (χ3v) is 3.76. The third-order valence-electron chi connectivity index (χ3n) is 3.76. The van der Waals surface area contributed by atoms with Gasteiger partial charge >= 0.3 is 5.97 Å². The number of unbranched alkanes of at least 4 members (excludes halogenated alkanes) is 1. The van der Waals surface area contributed by atoms with Crippen LogP contribution in [0.25, 0.3) is 6.08 Å². The average Bonchev–Trinajstić information content (AvgIpc) is 2.60. The molecule has 1 rings (SSSR count). The van der Waals surface area contributed by atoms with Gasteiger partial charge < -0.3 is 15.0 Å². The van der Waals surface area contributed by atoms with E-state index in [0.29, 0.717) is 12.1 Å². The number of amides is 2. The Morgan fingerprint density at radius 3 is 2.68 bits per heavy atom. The van der Waals surface area contributed by atoms with Gasteiger partial charge in [-0.2, -0.15) is 0 Å². The minimum Gasteiger partial charge on any atom is -0.467 e. The Morgan fingerprint density at radius 1 is 1.32 bits per heavy atom. The van der Waals surface area contributed by atoms with Crippen LogP contribution in [0.1, 0.15) is 42.6 Å². The van der Waals surface area contributed by atoms with Crippen molar-refractivity contribution < 1.29 is 19.1 Å². The van der Waals surface area contributed by atoms with Crippen LogP contribution < -0.4 is 5.32 Å². The smallest absolute Gasteiger partial charge is 0.328 e. The topological polar surface area (TPSA) is 75.7 Å². The third kappa shape index (κ3) is 7.20. The Kier molecular flexibility index (Phi) is 8.39. The van der Waals surface area contributed by atoms with Crippen molar-refractivity contribution in [3.05, 3.63) is 41.5 Å². The molecule has 1 aromatic rings. The molecule has 1 aromatic carbocycles. The largest absolute Gasteiger partial charge is 0.467 e. The summed E-state index contributed by atoms with van der Waals surface area (Å²) in [5.74, 6) is -0.750. The molecular weight excluding hydrogens is 320 g/mol. The summed E-state index contributed by atoms with van der Waals surface area (Å²) >= 11 is 0. The van der Waals surface area contributed by atoms with Gasteiger partial charge in [-0.15, -0.1) is 0 Å². The van der Waals surface area contributed by atoms with E-state index in [1.165, 1.54) is 7.11 Å². The Bertz CT molecular complexity index is 640. The molecule has 0 bridgehead atoms. The van der Waals surface area contributed by atoms with Gasteiger partial charge in [-0.3, -0.25) is 9.59 Å². The van der Waals surface area contributed by atoms with Gasteiger partial charge in [-0.05, 0) is 37.5 Å². The molecule has 25 heavy (non-hydrogen) atoms. The first-order valence-corrected chi connectivity index (χ1v) is 8.22. The zero-order chi connectivity index (χ0) is 18.8. The second-order valence-electron chi connectivity index (χ2n) is 5.83. The molecule has 0 saturated heterocycles. The Balaban J connectivity index is 2.56. The highest BCUT2D eigenvalue weighted by Gasteiger charge is 2.16. The van der Waals surface area contributed by atoms with Crippen LogP contribution in [0, 0.1) is 0 Å². The average molecular weight is 346 g/mol. The molecule has 1 atom stereocenters. The van der Waals surface area contributed by atoms with Crippen molar-refractivity contribution in [2.45, 2.75) is 32.7 Å². The summed E-state index contributed by atoms with van der Waals surface area (Å²) in [7, 11) is 3.06. The van der Waals surface area contributed by atoms with Gasteiger partial charge in [-0.25, -0.2) is 4.79 Å². The predicted octanol–water partition coefficient (Wildman–Crippen LogP) is 2.25. The van der Waals surface area contributed by atoms with Gasteiger partial charge in [0, 0.05) is 26.1 Å². The Hall–Kier alpha value is -2.63. The van der Waals surface area contributed by atoms with Gasteiger partial charge in [0.05, 0.1) is 7.11 Å². The Morgan fingerprint density at radius 2 is 2.04 bits per heavy atom. The molecule has 0 fully saturated rings. The normalized spacial score (nSPS) is 11.8. The highest BCUT2D eigenvalue weighted by molar-refractivity contribution is 5.97. The fourth-order valence-electron chi connectivity index (χ4n) is 2.12. The second-order valence-corrected chi connectivity index (χ2v) is 5.83. The molecule has 0 aliphatic carbocycles. The molecule has 0 heterocycles. The monoisotopic (exact) mass is 346 g/mol. The number of esters is 1. The van der Waals surface area contributed by atoms with Crippen molar-refractivity contribution in [1.29, 1.82) is 0 Å². The number of carbonyl (C=O) groups excluding carboxylic acids is 3. The summed E-state index contributed by atoms with van der Waals surface area (Å²) in [5, 5.41) is 2.60. The molecule has 0 aromatic heterocycles. The number of methoxy groups -OCH3 is 1. The van der Waals surface area contributed by atoms with Crippen LogP contribution in [0.5, 0.6) is 0 Å². The van der Waals surface area contributed by atoms with Crippen LogP contribution >= 0.6 is 0 Å². The lowest BCUT2D eigenvalue weighted by Crippen LogP contribution is -2.39. The van der Waals surface area contributed by atoms with Crippen LogP contribution in [0.3, 0.4) is 0 Å². The Labute approximate surface area is 148 Å². The fraction of sp³-hybridized carbons (Fsp3) is 0.421. The van der Waals surface area contributed by atoms with Crippen LogP contribution in [-0.2, 0) is 14.3 Å². The molecule has 2 amide bonds. The number of rotatable bonds is 8. The van der Waals surface area contributed by atoms with Gasteiger partial charge in [0.15, 0.2) is 0 Å². The summed E-state index contributed by atoms with van der Waals surface area (Å²) in [6.45, 7) is 3.84. The van der Waals surface area contributed by atoms with Crippen molar-refractivity contribution in [2.75, 3.05) is 20.7 Å². The number of ether oxygens (including phenoxy) is 1. The summed E-state index contributed by atoms with van der Waals surface area (Å²) in [5.41, 5.74) is 1.38. The van der Waals surface area contributed by atoms with Crippen molar-refractivity contribution >= 4 is 23.9 Å². The van der Waals surface area contributed by atoms with E-state index in [-0.39, 0.29) is 11.8 Å². The van der Waals surface area contributed by atoms with E-state index < -0.39 is 12.0 Å². The quantitative estimate of drug-likeness (QED) is 0.579. The summed E-state index contributed by atoms with van der Waals surface area (Å²) < 4.78 is 4.59. The lowest BCUT2D eigenvalue weighted by Gasteiger charge is -2.13. The molecule has 0 unspecified atom stereocenters. The van der Waals surface area contributed by atoms with Crippen LogP contribution in [0.15, 0.2) is 30.3 Å². The molecule has 6 nitrogen and oxygen atoms in total. The lowest BCUT2D eigenvalue weighted by atomic mass is 10.1. The molecular formula is C19H26N2O4. The molecule has 6 heteroatoms. The summed E-state index contributed by atoms with van der Waals surface area (Å²) in [6, 6.07) is 6.45. The number of carbonyl (C=O) groups is 3. The zero-order valence-electron chi connectivity index (χ0n) is 15.2. The van der Waals surface area contributed by atoms with Crippen LogP contribution in [-0.4, -0.2) is 49.4 Å². The predicted molar refractivity (Wildman–Crippen MR) is 97.0 cm³/mol. The molecule has 0 spiro atoms. The minimum atomic E-state index is -0.699. The van der Waals surface area contributed by atoms with Crippen molar-refractivity contribution in [2.24, 2.45) is 0 Å². The minimum absolute atomic E-state index is 0.0591. The van der Waals surface area contributed by atoms with E-state index in [2.05, 4.69) is 10.1 Å². The number of hydrogen-bond donors (Lipinski definition) is 1. The SMILES string of the molecule is COC(=O)[C@@H](C)NC(=O)c1cccc(/C=C\CCCN(C)C(C)=O)c1. The molecule has 0 aliphatic heterocycles. The van der Waals surface area contributed by atoms with Crippen molar-refractivity contribution in [3.8, 4) is 0 Å². The first kappa shape index (κ1) is 20.4. The number of allylic oxidation sites excluding steroid dienone is 1. The fourth-order valence-corrected chi connectivity index (χ4v) is 2.12. The molecule has 0 radical (unpaired) electrons. The second kappa shape index (κ2) is 10.3. The maximum atomic E-state index is 12.2. The lowest BCUT2D eigenvalue weighted by molar-refractivity contribution is -0.142. The van der Waals surface area contributed by atoms with E-state index in [0.717, 1.165) is 18.4 Å². The van der Waals surface area contributed by atoms with Gasteiger partial charge in [0.1, 0.15) is 6.04 Å². The maximum absolute atomic E-state index is 12.2. The van der Waals surface area contributed by atoms with Crippen molar-refractivity contribution in [3.63, 3.8) is 0 Å². The molecule has 0 saturated carbocycles.